The summed E-state index contributed by atoms with van der Waals surface area (Å²) in [5.74, 6) is 0. The molecule has 0 atom stereocenters. The second-order valence-electron chi connectivity index (χ2n) is 4.33. The molecule has 20 heavy (non-hydrogen) atoms. The second kappa shape index (κ2) is 6.45. The van der Waals surface area contributed by atoms with Crippen molar-refractivity contribution in [3.8, 4) is 0 Å². The van der Waals surface area contributed by atoms with Gasteiger partial charge in [-0.15, -0.1) is 0 Å². The molecular weight excluding hydrogens is 293 g/mol. The fourth-order valence-electron chi connectivity index (χ4n) is 1.53. The van der Waals surface area contributed by atoms with Crippen LogP contribution >= 0.6 is 0 Å². The Hall–Kier alpha value is -1.28. The van der Waals surface area contributed by atoms with Gasteiger partial charge in [0, 0.05) is 19.3 Å². The zero-order valence-corrected chi connectivity index (χ0v) is 12.1. The maximum atomic E-state index is 12.2. The topological polar surface area (TPSA) is 49.4 Å². The molecule has 0 aromatic heterocycles. The third-order valence-corrected chi connectivity index (χ3v) is 4.36. The Morgan fingerprint density at radius 3 is 2.20 bits per heavy atom. The number of alkyl halides is 3. The fraction of sp³-hybridized carbons (Fsp3) is 0.500. The highest BCUT2D eigenvalue weighted by atomic mass is 32.2. The van der Waals surface area contributed by atoms with Crippen molar-refractivity contribution in [1.29, 1.82) is 0 Å². The highest BCUT2D eigenvalue weighted by Crippen LogP contribution is 2.22. The Balaban J connectivity index is 2.87. The molecule has 0 radical (unpaired) electrons. The van der Waals surface area contributed by atoms with Crippen molar-refractivity contribution in [3.05, 3.63) is 24.3 Å². The normalized spacial score (nSPS) is 12.7. The number of nitrogens with one attached hydrogen (secondary N) is 1. The zero-order chi connectivity index (χ0) is 15.4. The molecule has 0 amide bonds. The average Bonchev–Trinajstić information content (AvgIpc) is 2.34. The fourth-order valence-corrected chi connectivity index (χ4v) is 2.69. The molecule has 114 valence electrons. The van der Waals surface area contributed by atoms with Gasteiger partial charge in [-0.1, -0.05) is 6.92 Å². The Bertz CT molecular complexity index is 527. The first-order chi connectivity index (χ1) is 9.16. The molecule has 1 N–H and O–H groups in total. The van der Waals surface area contributed by atoms with E-state index in [-0.39, 0.29) is 4.90 Å². The number of benzene rings is 1. The van der Waals surface area contributed by atoms with Crippen LogP contribution in [0.3, 0.4) is 0 Å². The van der Waals surface area contributed by atoms with E-state index in [2.05, 4.69) is 5.32 Å². The first-order valence-electron chi connectivity index (χ1n) is 6.04. The van der Waals surface area contributed by atoms with E-state index in [9.17, 15) is 21.6 Å². The van der Waals surface area contributed by atoms with Crippen LogP contribution in [0.2, 0.25) is 0 Å². The van der Waals surface area contributed by atoms with E-state index in [1.165, 1.54) is 24.3 Å². The van der Waals surface area contributed by atoms with Crippen LogP contribution in [0.5, 0.6) is 0 Å². The molecule has 1 rings (SSSR count). The summed E-state index contributed by atoms with van der Waals surface area (Å²) in [6.45, 7) is 1.21. The highest BCUT2D eigenvalue weighted by molar-refractivity contribution is 7.89. The lowest BCUT2D eigenvalue weighted by atomic mass is 10.3. The molecule has 0 unspecified atom stereocenters. The van der Waals surface area contributed by atoms with Crippen LogP contribution in [0.25, 0.3) is 0 Å². The number of halogens is 3. The van der Waals surface area contributed by atoms with Gasteiger partial charge < -0.3 is 5.32 Å². The van der Waals surface area contributed by atoms with E-state index in [4.69, 9.17) is 0 Å². The van der Waals surface area contributed by atoms with Crippen LogP contribution in [0.4, 0.5) is 18.9 Å². The number of rotatable bonds is 6. The third-order valence-electron chi connectivity index (χ3n) is 2.54. The number of sulfonamides is 1. The lowest BCUT2D eigenvalue weighted by Crippen LogP contribution is -2.35. The number of hydrogen-bond donors (Lipinski definition) is 1. The summed E-state index contributed by atoms with van der Waals surface area (Å²) in [4.78, 5) is -0.161. The van der Waals surface area contributed by atoms with Gasteiger partial charge in [-0.3, -0.25) is 0 Å². The van der Waals surface area contributed by atoms with E-state index in [1.807, 2.05) is 6.92 Å². The quantitative estimate of drug-likeness (QED) is 0.879. The van der Waals surface area contributed by atoms with Gasteiger partial charge in [0.1, 0.15) is 6.54 Å². The molecule has 0 spiro atoms. The van der Waals surface area contributed by atoms with Crippen molar-refractivity contribution < 1.29 is 21.6 Å². The molecule has 0 aliphatic rings. The minimum absolute atomic E-state index is 0.161. The van der Waals surface area contributed by atoms with Gasteiger partial charge in [-0.05, 0) is 30.7 Å². The van der Waals surface area contributed by atoms with E-state index in [0.717, 1.165) is 25.7 Å². The molecule has 0 saturated heterocycles. The molecule has 1 aromatic rings. The predicted molar refractivity (Wildman–Crippen MR) is 71.1 cm³/mol. The molecule has 0 saturated carbocycles. The van der Waals surface area contributed by atoms with Crippen LogP contribution in [0, 0.1) is 0 Å². The van der Waals surface area contributed by atoms with Gasteiger partial charge in [0.15, 0.2) is 0 Å². The first kappa shape index (κ1) is 16.8. The van der Waals surface area contributed by atoms with E-state index < -0.39 is 22.7 Å². The molecular formula is C12H17F3N2O2S. The Morgan fingerprint density at radius 2 is 1.75 bits per heavy atom. The van der Waals surface area contributed by atoms with Gasteiger partial charge >= 0.3 is 6.18 Å². The predicted octanol–water partition coefficient (Wildman–Crippen LogP) is 2.69. The van der Waals surface area contributed by atoms with Crippen LogP contribution in [-0.4, -0.2) is 39.0 Å². The van der Waals surface area contributed by atoms with Gasteiger partial charge in [-0.2, -0.15) is 17.5 Å². The van der Waals surface area contributed by atoms with Crippen molar-refractivity contribution >= 4 is 15.7 Å². The molecule has 0 aliphatic carbocycles. The molecule has 1 aromatic carbocycles. The average molecular weight is 310 g/mol. The minimum Gasteiger partial charge on any atom is -0.385 e. The number of anilines is 1. The monoisotopic (exact) mass is 310 g/mol. The van der Waals surface area contributed by atoms with Crippen LogP contribution in [0.15, 0.2) is 29.2 Å². The summed E-state index contributed by atoms with van der Waals surface area (Å²) >= 11 is 0. The number of hydrogen-bond acceptors (Lipinski definition) is 3. The van der Waals surface area contributed by atoms with Crippen LogP contribution in [0.1, 0.15) is 13.3 Å². The summed E-state index contributed by atoms with van der Waals surface area (Å²) in [5, 5.41) is 3.05. The van der Waals surface area contributed by atoms with Crippen LogP contribution in [-0.2, 0) is 10.0 Å². The molecule has 8 heteroatoms. The summed E-state index contributed by atoms with van der Waals surface area (Å²) in [6.07, 6.45) is -3.65. The van der Waals surface area contributed by atoms with E-state index >= 15 is 0 Å². The summed E-state index contributed by atoms with van der Waals surface area (Å²) in [6, 6.07) is 5.65. The third kappa shape index (κ3) is 4.68. The molecule has 0 bridgehead atoms. The van der Waals surface area contributed by atoms with Crippen molar-refractivity contribution in [1.82, 2.24) is 4.31 Å². The largest absolute Gasteiger partial charge is 0.402 e. The van der Waals surface area contributed by atoms with Crippen LogP contribution < -0.4 is 5.32 Å². The maximum absolute atomic E-state index is 12.2. The van der Waals surface area contributed by atoms with Gasteiger partial charge in [0.2, 0.25) is 10.0 Å². The maximum Gasteiger partial charge on any atom is 0.402 e. The summed E-state index contributed by atoms with van der Waals surface area (Å²) < 4.78 is 60.9. The van der Waals surface area contributed by atoms with Crippen molar-refractivity contribution in [2.75, 3.05) is 25.5 Å². The summed E-state index contributed by atoms with van der Waals surface area (Å²) in [7, 11) is -3.22. The first-order valence-corrected chi connectivity index (χ1v) is 7.48. The van der Waals surface area contributed by atoms with Gasteiger partial charge in [0.25, 0.3) is 0 Å². The second-order valence-corrected chi connectivity index (χ2v) is 6.37. The Kier molecular flexibility index (Phi) is 5.41. The van der Waals surface area contributed by atoms with Gasteiger partial charge in [0.05, 0.1) is 4.90 Å². The zero-order valence-electron chi connectivity index (χ0n) is 11.2. The molecule has 0 aliphatic heterocycles. The van der Waals surface area contributed by atoms with Gasteiger partial charge in [-0.25, -0.2) is 8.42 Å². The highest BCUT2D eigenvalue weighted by Gasteiger charge is 2.34. The smallest absolute Gasteiger partial charge is 0.385 e. The van der Waals surface area contributed by atoms with E-state index in [1.54, 1.807) is 0 Å². The number of nitrogens with zero attached hydrogens (tertiary/aromatic N) is 1. The Labute approximate surface area is 116 Å². The lowest BCUT2D eigenvalue weighted by Gasteiger charge is -2.19. The minimum atomic E-state index is -4.57. The van der Waals surface area contributed by atoms with Crippen molar-refractivity contribution in [2.24, 2.45) is 0 Å². The molecule has 0 heterocycles. The lowest BCUT2D eigenvalue weighted by molar-refractivity contribution is -0.134. The molecule has 4 nitrogen and oxygen atoms in total. The van der Waals surface area contributed by atoms with Crippen molar-refractivity contribution in [2.45, 2.75) is 24.4 Å². The van der Waals surface area contributed by atoms with E-state index in [0.29, 0.717) is 4.31 Å². The summed E-state index contributed by atoms with van der Waals surface area (Å²) in [5.41, 5.74) is 0.726. The molecule has 0 fully saturated rings. The Morgan fingerprint density at radius 1 is 1.20 bits per heavy atom. The standard InChI is InChI=1S/C12H17F3N2O2S/c1-3-8-16-10-4-6-11(7-5-10)20(18,19)17(2)9-12(13,14)15/h4-7,16H,3,8-9H2,1-2H3. The van der Waals surface area contributed by atoms with Crippen molar-refractivity contribution in [3.63, 3.8) is 0 Å². The SMILES string of the molecule is CCCNc1ccc(S(=O)(=O)N(C)CC(F)(F)F)cc1.